The summed E-state index contributed by atoms with van der Waals surface area (Å²) >= 11 is 0. The van der Waals surface area contributed by atoms with Crippen molar-refractivity contribution in [1.82, 2.24) is 10.6 Å². The second kappa shape index (κ2) is 10.1. The quantitative estimate of drug-likeness (QED) is 0.596. The predicted molar refractivity (Wildman–Crippen MR) is 117 cm³/mol. The Morgan fingerprint density at radius 1 is 1.04 bits per heavy atom. The maximum absolute atomic E-state index is 5.42. The summed E-state index contributed by atoms with van der Waals surface area (Å²) in [5, 5.41) is 6.84. The van der Waals surface area contributed by atoms with Crippen molar-refractivity contribution in [2.75, 3.05) is 44.8 Å². The lowest BCUT2D eigenvalue weighted by atomic mass is 10.0. The Morgan fingerprint density at radius 2 is 1.71 bits per heavy atom. The van der Waals surface area contributed by atoms with Gasteiger partial charge in [0.2, 0.25) is 0 Å². The van der Waals surface area contributed by atoms with Gasteiger partial charge in [-0.2, -0.15) is 0 Å². The van der Waals surface area contributed by atoms with Gasteiger partial charge in [-0.05, 0) is 36.1 Å². The Morgan fingerprint density at radius 3 is 2.36 bits per heavy atom. The van der Waals surface area contributed by atoms with Crippen LogP contribution in [-0.2, 0) is 11.3 Å². The highest BCUT2D eigenvalue weighted by Crippen LogP contribution is 2.17. The van der Waals surface area contributed by atoms with Crippen LogP contribution in [-0.4, -0.2) is 45.9 Å². The van der Waals surface area contributed by atoms with Gasteiger partial charge in [0.15, 0.2) is 5.96 Å². The van der Waals surface area contributed by atoms with E-state index in [1.165, 1.54) is 22.4 Å². The summed E-state index contributed by atoms with van der Waals surface area (Å²) < 4.78 is 5.42. The van der Waals surface area contributed by atoms with E-state index in [2.05, 4.69) is 82.9 Å². The number of hydrogen-bond acceptors (Lipinski definition) is 3. The van der Waals surface area contributed by atoms with E-state index in [0.29, 0.717) is 5.92 Å². The average molecular weight is 381 g/mol. The van der Waals surface area contributed by atoms with Gasteiger partial charge in [-0.1, -0.05) is 48.9 Å². The average Bonchev–Trinajstić information content (AvgIpc) is 2.75. The van der Waals surface area contributed by atoms with Gasteiger partial charge >= 0.3 is 0 Å². The molecule has 2 N–H and O–H groups in total. The lowest BCUT2D eigenvalue weighted by molar-refractivity contribution is 0.122. The number of nitrogens with one attached hydrogen (secondary N) is 2. The van der Waals surface area contributed by atoms with E-state index in [4.69, 9.17) is 4.74 Å². The fraction of sp³-hybridized carbons (Fsp3) is 0.435. The van der Waals surface area contributed by atoms with Crippen molar-refractivity contribution in [3.8, 4) is 0 Å². The maximum atomic E-state index is 5.42. The van der Waals surface area contributed by atoms with Crippen LogP contribution in [0.15, 0.2) is 53.5 Å². The summed E-state index contributed by atoms with van der Waals surface area (Å²) in [6.45, 7) is 9.50. The first-order chi connectivity index (χ1) is 13.7. The Balaban J connectivity index is 1.46. The summed E-state index contributed by atoms with van der Waals surface area (Å²) in [5.41, 5.74) is 5.14. The number of guanidine groups is 1. The van der Waals surface area contributed by atoms with E-state index in [-0.39, 0.29) is 0 Å². The Kier molecular flexibility index (Phi) is 7.31. The molecule has 2 aromatic rings. The SMILES string of the molecule is CN=C(NCc1ccc(N2CCOCC2)cc1)NCC(C)c1ccc(C)cc1. The van der Waals surface area contributed by atoms with Crippen molar-refractivity contribution in [2.24, 2.45) is 4.99 Å². The molecule has 0 aliphatic carbocycles. The molecule has 0 spiro atoms. The third-order valence-electron chi connectivity index (χ3n) is 5.22. The molecule has 0 amide bonds. The minimum atomic E-state index is 0.423. The number of aryl methyl sites for hydroxylation is 1. The molecule has 1 aliphatic rings. The van der Waals surface area contributed by atoms with E-state index >= 15 is 0 Å². The van der Waals surface area contributed by atoms with Crippen LogP contribution >= 0.6 is 0 Å². The molecule has 1 saturated heterocycles. The van der Waals surface area contributed by atoms with Gasteiger partial charge in [-0.25, -0.2) is 0 Å². The predicted octanol–water partition coefficient (Wildman–Crippen LogP) is 3.30. The van der Waals surface area contributed by atoms with Crippen molar-refractivity contribution >= 4 is 11.6 Å². The molecule has 0 radical (unpaired) electrons. The zero-order valence-corrected chi connectivity index (χ0v) is 17.2. The normalized spacial score (nSPS) is 16.0. The number of ether oxygens (including phenoxy) is 1. The lowest BCUT2D eigenvalue weighted by Crippen LogP contribution is -2.38. The number of aliphatic imine (C=N–C) groups is 1. The van der Waals surface area contributed by atoms with Crippen LogP contribution in [0.3, 0.4) is 0 Å². The molecule has 0 aromatic heterocycles. The summed E-state index contributed by atoms with van der Waals surface area (Å²) in [7, 11) is 1.81. The van der Waals surface area contributed by atoms with Gasteiger partial charge < -0.3 is 20.3 Å². The summed E-state index contributed by atoms with van der Waals surface area (Å²) in [6.07, 6.45) is 0. The van der Waals surface area contributed by atoms with Gasteiger partial charge in [0.1, 0.15) is 0 Å². The molecule has 1 atom stereocenters. The smallest absolute Gasteiger partial charge is 0.191 e. The first-order valence-electron chi connectivity index (χ1n) is 10.1. The van der Waals surface area contributed by atoms with Gasteiger partial charge in [-0.15, -0.1) is 0 Å². The third-order valence-corrected chi connectivity index (χ3v) is 5.22. The largest absolute Gasteiger partial charge is 0.378 e. The van der Waals surface area contributed by atoms with Crippen molar-refractivity contribution in [3.63, 3.8) is 0 Å². The molecule has 5 heteroatoms. The fourth-order valence-corrected chi connectivity index (χ4v) is 3.32. The summed E-state index contributed by atoms with van der Waals surface area (Å²) in [6, 6.07) is 17.5. The summed E-state index contributed by atoms with van der Waals surface area (Å²) in [4.78, 5) is 6.71. The van der Waals surface area contributed by atoms with E-state index < -0.39 is 0 Å². The molecule has 0 bridgehead atoms. The lowest BCUT2D eigenvalue weighted by Gasteiger charge is -2.29. The first kappa shape index (κ1) is 20.2. The minimum Gasteiger partial charge on any atom is -0.378 e. The van der Waals surface area contributed by atoms with Gasteiger partial charge in [0.05, 0.1) is 13.2 Å². The molecule has 28 heavy (non-hydrogen) atoms. The Hall–Kier alpha value is -2.53. The number of hydrogen-bond donors (Lipinski definition) is 2. The monoisotopic (exact) mass is 380 g/mol. The zero-order valence-electron chi connectivity index (χ0n) is 17.2. The fourth-order valence-electron chi connectivity index (χ4n) is 3.32. The molecule has 1 unspecified atom stereocenters. The molecule has 1 heterocycles. The van der Waals surface area contributed by atoms with Crippen molar-refractivity contribution in [3.05, 3.63) is 65.2 Å². The van der Waals surface area contributed by atoms with Crippen LogP contribution in [0.25, 0.3) is 0 Å². The highest BCUT2D eigenvalue weighted by Gasteiger charge is 2.11. The van der Waals surface area contributed by atoms with Gasteiger partial charge in [0.25, 0.3) is 0 Å². The molecule has 150 valence electrons. The van der Waals surface area contributed by atoms with Crippen molar-refractivity contribution in [2.45, 2.75) is 26.3 Å². The molecule has 1 fully saturated rings. The van der Waals surface area contributed by atoms with E-state index in [1.54, 1.807) is 0 Å². The second-order valence-corrected chi connectivity index (χ2v) is 7.38. The molecule has 2 aromatic carbocycles. The van der Waals surface area contributed by atoms with Crippen LogP contribution in [0.2, 0.25) is 0 Å². The molecule has 5 nitrogen and oxygen atoms in total. The van der Waals surface area contributed by atoms with Crippen molar-refractivity contribution in [1.29, 1.82) is 0 Å². The summed E-state index contributed by atoms with van der Waals surface area (Å²) in [5.74, 6) is 1.25. The Bertz CT molecular complexity index is 749. The highest BCUT2D eigenvalue weighted by atomic mass is 16.5. The number of anilines is 1. The van der Waals surface area contributed by atoms with E-state index in [9.17, 15) is 0 Å². The molecular weight excluding hydrogens is 348 g/mol. The van der Waals surface area contributed by atoms with Crippen LogP contribution in [0, 0.1) is 6.92 Å². The topological polar surface area (TPSA) is 48.9 Å². The van der Waals surface area contributed by atoms with Crippen LogP contribution in [0.4, 0.5) is 5.69 Å². The first-order valence-corrected chi connectivity index (χ1v) is 10.1. The van der Waals surface area contributed by atoms with E-state index in [0.717, 1.165) is 45.4 Å². The van der Waals surface area contributed by atoms with Crippen LogP contribution in [0.1, 0.15) is 29.5 Å². The second-order valence-electron chi connectivity index (χ2n) is 7.38. The van der Waals surface area contributed by atoms with Crippen LogP contribution in [0.5, 0.6) is 0 Å². The maximum Gasteiger partial charge on any atom is 0.191 e. The molecule has 1 aliphatic heterocycles. The Labute approximate surface area is 168 Å². The molecule has 0 saturated carbocycles. The van der Waals surface area contributed by atoms with Gasteiger partial charge in [-0.3, -0.25) is 4.99 Å². The van der Waals surface area contributed by atoms with Crippen LogP contribution < -0.4 is 15.5 Å². The number of morpholine rings is 1. The van der Waals surface area contributed by atoms with E-state index in [1.807, 2.05) is 7.05 Å². The molecule has 3 rings (SSSR count). The van der Waals surface area contributed by atoms with Gasteiger partial charge in [0, 0.05) is 38.9 Å². The number of benzene rings is 2. The zero-order chi connectivity index (χ0) is 19.8. The highest BCUT2D eigenvalue weighted by molar-refractivity contribution is 5.79. The third kappa shape index (κ3) is 5.73. The molecular formula is C23H32N4O. The minimum absolute atomic E-state index is 0.423. The number of rotatable bonds is 6. The number of nitrogens with zero attached hydrogens (tertiary/aromatic N) is 2. The standard InChI is InChI=1S/C23H32N4O/c1-18-4-8-21(9-5-18)19(2)16-25-23(24-3)26-17-20-6-10-22(11-7-20)27-12-14-28-15-13-27/h4-11,19H,12-17H2,1-3H3,(H2,24,25,26). The van der Waals surface area contributed by atoms with Crippen molar-refractivity contribution < 1.29 is 4.74 Å².